The highest BCUT2D eigenvalue weighted by Gasteiger charge is 2.46. The van der Waals surface area contributed by atoms with Gasteiger partial charge in [0.2, 0.25) is 5.78 Å². The third-order valence-corrected chi connectivity index (χ3v) is 5.66. The Morgan fingerprint density at radius 1 is 1.30 bits per heavy atom. The molecular weight excluding hydrogens is 436 g/mol. The van der Waals surface area contributed by atoms with Gasteiger partial charge in [-0.2, -0.15) is 22.0 Å². The van der Waals surface area contributed by atoms with Gasteiger partial charge in [-0.1, -0.05) is 0 Å². The van der Waals surface area contributed by atoms with Crippen LogP contribution in [0.15, 0.2) is 29.3 Å². The number of alkyl halides is 5. The summed E-state index contributed by atoms with van der Waals surface area (Å²) in [6.07, 6.45) is -4.79. The molecular formula is C19H15F6NO3S. The number of methoxy groups -OCH3 is 1. The van der Waals surface area contributed by atoms with Gasteiger partial charge in [0.25, 0.3) is 0 Å². The van der Waals surface area contributed by atoms with Crippen LogP contribution in [0.1, 0.15) is 34.5 Å². The van der Waals surface area contributed by atoms with E-state index in [9.17, 15) is 35.9 Å². The Balaban J connectivity index is 2.08. The molecule has 1 aromatic heterocycles. The topological polar surface area (TPSA) is 48.3 Å². The number of aromatic nitrogens is 1. The summed E-state index contributed by atoms with van der Waals surface area (Å²) in [6, 6.07) is 2.27. The molecule has 0 saturated heterocycles. The van der Waals surface area contributed by atoms with Gasteiger partial charge in [-0.25, -0.2) is 4.39 Å². The summed E-state index contributed by atoms with van der Waals surface area (Å²) in [7, 11) is 1.18. The van der Waals surface area contributed by atoms with Crippen molar-refractivity contribution in [2.75, 3.05) is 12.9 Å². The van der Waals surface area contributed by atoms with Gasteiger partial charge in [-0.15, -0.1) is 11.8 Å². The molecule has 0 saturated carbocycles. The van der Waals surface area contributed by atoms with E-state index >= 15 is 0 Å². The number of Topliss-reactive ketones (excluding diaryl/α,β-unsaturated/α-hetero) is 1. The monoisotopic (exact) mass is 451 g/mol. The van der Waals surface area contributed by atoms with E-state index in [2.05, 4.69) is 4.74 Å². The van der Waals surface area contributed by atoms with E-state index in [0.29, 0.717) is 12.1 Å². The molecule has 11 heteroatoms. The zero-order valence-corrected chi connectivity index (χ0v) is 16.3. The molecule has 1 aliphatic rings. The lowest BCUT2D eigenvalue weighted by molar-refractivity contribution is -0.140. The van der Waals surface area contributed by atoms with Crippen molar-refractivity contribution in [2.45, 2.75) is 36.3 Å². The van der Waals surface area contributed by atoms with Gasteiger partial charge in [0.15, 0.2) is 0 Å². The number of esters is 1. The fourth-order valence-electron chi connectivity index (χ4n) is 3.15. The summed E-state index contributed by atoms with van der Waals surface area (Å²) in [5, 5.41) is 0. The van der Waals surface area contributed by atoms with Crippen LogP contribution < -0.4 is 0 Å². The summed E-state index contributed by atoms with van der Waals surface area (Å²) in [6.45, 7) is 0. The van der Waals surface area contributed by atoms with Crippen LogP contribution in [0.5, 0.6) is 0 Å². The second kappa shape index (κ2) is 8.01. The van der Waals surface area contributed by atoms with Gasteiger partial charge < -0.3 is 9.30 Å². The summed E-state index contributed by atoms with van der Waals surface area (Å²) in [4.78, 5) is 23.7. The maximum Gasteiger partial charge on any atom is 0.419 e. The van der Waals surface area contributed by atoms with Gasteiger partial charge in [-0.05, 0) is 24.6 Å². The molecule has 4 nitrogen and oxygen atoms in total. The number of ketones is 1. The van der Waals surface area contributed by atoms with E-state index in [1.807, 2.05) is 0 Å². The molecule has 1 aromatic carbocycles. The maximum absolute atomic E-state index is 14.0. The molecule has 162 valence electrons. The van der Waals surface area contributed by atoms with Crippen molar-refractivity contribution in [3.63, 3.8) is 0 Å². The quantitative estimate of drug-likeness (QED) is 0.363. The molecule has 0 amide bonds. The van der Waals surface area contributed by atoms with Crippen molar-refractivity contribution in [3.8, 4) is 5.69 Å². The number of hydrogen-bond acceptors (Lipinski definition) is 4. The molecule has 3 rings (SSSR count). The minimum absolute atomic E-state index is 0.0551. The maximum atomic E-state index is 14.0. The van der Waals surface area contributed by atoms with Crippen LogP contribution in [-0.4, -0.2) is 35.1 Å². The first-order chi connectivity index (χ1) is 14.0. The standard InChI is InChI=1S/C19H15F6NO3S/c1-29-15(27)5-7-30-14-9-26(13-4-6-18(21,22)17(28)16(13)14)10-2-3-12(20)11(8-10)19(23,24)25/h2-3,8-9H,4-7H2,1H3. The van der Waals surface area contributed by atoms with Crippen LogP contribution in [0.3, 0.4) is 0 Å². The predicted molar refractivity (Wildman–Crippen MR) is 95.7 cm³/mol. The lowest BCUT2D eigenvalue weighted by Crippen LogP contribution is -2.34. The van der Waals surface area contributed by atoms with Crippen molar-refractivity contribution in [1.82, 2.24) is 4.57 Å². The highest BCUT2D eigenvalue weighted by Crippen LogP contribution is 2.41. The number of thioether (sulfide) groups is 1. The summed E-state index contributed by atoms with van der Waals surface area (Å²) < 4.78 is 86.6. The molecule has 2 aromatic rings. The Labute approximate surface area is 171 Å². The van der Waals surface area contributed by atoms with Crippen molar-refractivity contribution in [2.24, 2.45) is 0 Å². The van der Waals surface area contributed by atoms with Gasteiger partial charge in [0.1, 0.15) is 5.82 Å². The third-order valence-electron chi connectivity index (χ3n) is 4.63. The van der Waals surface area contributed by atoms with E-state index in [1.165, 1.54) is 17.9 Å². The highest BCUT2D eigenvalue weighted by atomic mass is 32.2. The van der Waals surface area contributed by atoms with Gasteiger partial charge in [0, 0.05) is 34.6 Å². The molecule has 0 N–H and O–H groups in total. The highest BCUT2D eigenvalue weighted by molar-refractivity contribution is 7.99. The largest absolute Gasteiger partial charge is 0.469 e. The number of nitrogens with zero attached hydrogens (tertiary/aromatic N) is 1. The lowest BCUT2D eigenvalue weighted by Gasteiger charge is -2.23. The third kappa shape index (κ3) is 4.21. The molecule has 30 heavy (non-hydrogen) atoms. The molecule has 0 fully saturated rings. The smallest absolute Gasteiger partial charge is 0.419 e. The van der Waals surface area contributed by atoms with Crippen LogP contribution >= 0.6 is 11.8 Å². The Morgan fingerprint density at radius 2 is 2.00 bits per heavy atom. The van der Waals surface area contributed by atoms with Crippen molar-refractivity contribution >= 4 is 23.5 Å². The number of rotatable bonds is 5. The average molecular weight is 451 g/mol. The normalized spacial score (nSPS) is 15.8. The van der Waals surface area contributed by atoms with E-state index in [0.717, 1.165) is 17.8 Å². The van der Waals surface area contributed by atoms with Gasteiger partial charge >= 0.3 is 18.1 Å². The minimum Gasteiger partial charge on any atom is -0.469 e. The van der Waals surface area contributed by atoms with Crippen molar-refractivity contribution in [3.05, 3.63) is 47.0 Å². The fraction of sp³-hybridized carbons (Fsp3) is 0.368. The van der Waals surface area contributed by atoms with Gasteiger partial charge in [0.05, 0.1) is 24.7 Å². The summed E-state index contributed by atoms with van der Waals surface area (Å²) >= 11 is 0.940. The lowest BCUT2D eigenvalue weighted by atomic mass is 9.93. The number of benzene rings is 1. The molecule has 0 spiro atoms. The first kappa shape index (κ1) is 22.3. The molecule has 0 bridgehead atoms. The Bertz CT molecular complexity index is 999. The van der Waals surface area contributed by atoms with E-state index in [4.69, 9.17) is 0 Å². The number of carbonyl (C=O) groups excluding carboxylic acids is 2. The molecule has 0 unspecified atom stereocenters. The number of ether oxygens (including phenoxy) is 1. The van der Waals surface area contributed by atoms with Crippen molar-refractivity contribution in [1.29, 1.82) is 0 Å². The fourth-order valence-corrected chi connectivity index (χ4v) is 4.17. The Hall–Kier alpha value is -2.43. The van der Waals surface area contributed by atoms with Crippen molar-refractivity contribution < 1.29 is 40.7 Å². The SMILES string of the molecule is COC(=O)CCSc1cn(-c2ccc(F)c(C(F)(F)F)c2)c2c1C(=O)C(F)(F)CC2. The molecule has 0 atom stereocenters. The average Bonchev–Trinajstić information content (AvgIpc) is 3.03. The first-order valence-electron chi connectivity index (χ1n) is 8.69. The van der Waals surface area contributed by atoms with Gasteiger partial charge in [-0.3, -0.25) is 9.59 Å². The van der Waals surface area contributed by atoms with E-state index in [-0.39, 0.29) is 40.4 Å². The molecule has 1 heterocycles. The number of halogens is 6. The van der Waals surface area contributed by atoms with Crippen LogP contribution in [0.25, 0.3) is 5.69 Å². The van der Waals surface area contributed by atoms with Crippen LogP contribution in [0.4, 0.5) is 26.3 Å². The zero-order valence-electron chi connectivity index (χ0n) is 15.5. The van der Waals surface area contributed by atoms with Crippen LogP contribution in [-0.2, 0) is 22.1 Å². The Kier molecular flexibility index (Phi) is 5.94. The van der Waals surface area contributed by atoms with E-state index < -0.39 is 41.7 Å². The molecule has 0 radical (unpaired) electrons. The zero-order chi connectivity index (χ0) is 22.3. The first-order valence-corrected chi connectivity index (χ1v) is 9.68. The Morgan fingerprint density at radius 3 is 2.63 bits per heavy atom. The summed E-state index contributed by atoms with van der Waals surface area (Å²) in [5.41, 5.74) is -1.79. The molecule has 1 aliphatic carbocycles. The number of carbonyl (C=O) groups is 2. The van der Waals surface area contributed by atoms with Crippen LogP contribution in [0.2, 0.25) is 0 Å². The molecule has 0 aliphatic heterocycles. The minimum atomic E-state index is -4.95. The van der Waals surface area contributed by atoms with E-state index in [1.54, 1.807) is 0 Å². The second-order valence-electron chi connectivity index (χ2n) is 6.56. The second-order valence-corrected chi connectivity index (χ2v) is 7.69. The predicted octanol–water partition coefficient (Wildman–Crippen LogP) is 5.05. The summed E-state index contributed by atoms with van der Waals surface area (Å²) in [5.74, 6) is -6.93. The number of fused-ring (bicyclic) bond motifs is 1. The van der Waals surface area contributed by atoms with Crippen LogP contribution in [0, 0.1) is 5.82 Å². The number of hydrogen-bond donors (Lipinski definition) is 0.